The average molecular weight is 335 g/mol. The molecular weight excluding hydrogens is 316 g/mol. The zero-order valence-electron chi connectivity index (χ0n) is 13.0. The Morgan fingerprint density at radius 1 is 1.35 bits per heavy atom. The molecule has 6 nitrogen and oxygen atoms in total. The van der Waals surface area contributed by atoms with Gasteiger partial charge in [-0.1, -0.05) is 29.8 Å². The van der Waals surface area contributed by atoms with Gasteiger partial charge in [-0.15, -0.1) is 0 Å². The second kappa shape index (κ2) is 7.69. The number of rotatable bonds is 5. The summed E-state index contributed by atoms with van der Waals surface area (Å²) in [5.41, 5.74) is 6.17. The topological polar surface area (TPSA) is 83.9 Å². The predicted molar refractivity (Wildman–Crippen MR) is 90.3 cm³/mol. The number of amides is 1. The number of primary amides is 1. The van der Waals surface area contributed by atoms with Crippen LogP contribution in [0.25, 0.3) is 0 Å². The molecule has 0 saturated carbocycles. The second-order valence-corrected chi connectivity index (χ2v) is 5.39. The highest BCUT2D eigenvalue weighted by atomic mass is 35.5. The van der Waals surface area contributed by atoms with Crippen LogP contribution in [0, 0.1) is 0 Å². The number of guanidine groups is 1. The van der Waals surface area contributed by atoms with E-state index in [4.69, 9.17) is 21.8 Å². The monoisotopic (exact) mass is 334 g/mol. The Hall–Kier alpha value is -2.47. The number of carbonyl (C=O) groups is 1. The van der Waals surface area contributed by atoms with Crippen molar-refractivity contribution < 1.29 is 9.21 Å². The average Bonchev–Trinajstić information content (AvgIpc) is 2.99. The van der Waals surface area contributed by atoms with Gasteiger partial charge in [-0.05, 0) is 23.8 Å². The Kier molecular flexibility index (Phi) is 5.65. The Labute approximate surface area is 139 Å². The van der Waals surface area contributed by atoms with Crippen LogP contribution in [0.15, 0.2) is 45.8 Å². The van der Waals surface area contributed by atoms with E-state index in [1.54, 1.807) is 19.2 Å². The number of halogens is 1. The molecule has 0 spiro atoms. The van der Waals surface area contributed by atoms with Gasteiger partial charge in [0.25, 0.3) is 5.91 Å². The summed E-state index contributed by atoms with van der Waals surface area (Å²) in [7, 11) is 3.61. The largest absolute Gasteiger partial charge is 0.454 e. The third kappa shape index (κ3) is 4.50. The number of nitrogens with zero attached hydrogens (tertiary/aromatic N) is 2. The number of aliphatic imine (C=N–C) groups is 1. The van der Waals surface area contributed by atoms with E-state index in [-0.39, 0.29) is 5.76 Å². The van der Waals surface area contributed by atoms with E-state index in [9.17, 15) is 4.79 Å². The normalized spacial score (nSPS) is 11.3. The van der Waals surface area contributed by atoms with Crippen LogP contribution < -0.4 is 11.1 Å². The van der Waals surface area contributed by atoms with Gasteiger partial charge in [-0.25, -0.2) is 0 Å². The molecule has 1 aromatic carbocycles. The summed E-state index contributed by atoms with van der Waals surface area (Å²) in [6, 6.07) is 10.9. The molecule has 7 heteroatoms. The van der Waals surface area contributed by atoms with E-state index in [1.807, 2.05) is 36.2 Å². The molecule has 1 heterocycles. The lowest BCUT2D eigenvalue weighted by molar-refractivity contribution is 0.0972. The van der Waals surface area contributed by atoms with Gasteiger partial charge >= 0.3 is 0 Å². The molecule has 0 aliphatic rings. The molecule has 0 radical (unpaired) electrons. The molecule has 2 rings (SSSR count). The molecule has 0 fully saturated rings. The highest BCUT2D eigenvalue weighted by molar-refractivity contribution is 6.31. The van der Waals surface area contributed by atoms with Crippen molar-refractivity contribution in [2.45, 2.75) is 13.1 Å². The first kappa shape index (κ1) is 16.9. The van der Waals surface area contributed by atoms with Gasteiger partial charge in [-0.3, -0.25) is 9.79 Å². The highest BCUT2D eigenvalue weighted by Gasteiger charge is 2.11. The molecule has 0 aliphatic heterocycles. The molecule has 1 aromatic heterocycles. The van der Waals surface area contributed by atoms with Crippen molar-refractivity contribution in [3.63, 3.8) is 0 Å². The summed E-state index contributed by atoms with van der Waals surface area (Å²) in [5.74, 6) is 0.839. The van der Waals surface area contributed by atoms with Gasteiger partial charge in [0.15, 0.2) is 11.7 Å². The molecule has 1 amide bonds. The molecule has 0 saturated heterocycles. The van der Waals surface area contributed by atoms with Gasteiger partial charge in [0, 0.05) is 25.7 Å². The summed E-state index contributed by atoms with van der Waals surface area (Å²) in [4.78, 5) is 17.2. The van der Waals surface area contributed by atoms with E-state index >= 15 is 0 Å². The Bertz CT molecular complexity index is 712. The second-order valence-electron chi connectivity index (χ2n) is 4.98. The maximum absolute atomic E-state index is 11.0. The fraction of sp³-hybridized carbons (Fsp3) is 0.250. The van der Waals surface area contributed by atoms with Crippen LogP contribution in [0.3, 0.4) is 0 Å². The predicted octanol–water partition coefficient (Wildman–Crippen LogP) is 2.24. The zero-order chi connectivity index (χ0) is 16.8. The van der Waals surface area contributed by atoms with Crippen molar-refractivity contribution in [2.24, 2.45) is 10.7 Å². The van der Waals surface area contributed by atoms with Crippen LogP contribution in [-0.4, -0.2) is 30.9 Å². The van der Waals surface area contributed by atoms with Crippen molar-refractivity contribution in [3.05, 3.63) is 58.5 Å². The molecule has 0 aliphatic carbocycles. The Morgan fingerprint density at radius 2 is 2.09 bits per heavy atom. The number of carbonyl (C=O) groups excluding carboxylic acids is 1. The van der Waals surface area contributed by atoms with Crippen molar-refractivity contribution in [1.29, 1.82) is 0 Å². The van der Waals surface area contributed by atoms with Gasteiger partial charge in [0.2, 0.25) is 0 Å². The van der Waals surface area contributed by atoms with E-state index in [1.165, 1.54) is 0 Å². The van der Waals surface area contributed by atoms with Gasteiger partial charge in [0.1, 0.15) is 5.76 Å². The number of benzene rings is 1. The fourth-order valence-corrected chi connectivity index (χ4v) is 2.31. The van der Waals surface area contributed by atoms with Crippen LogP contribution in [-0.2, 0) is 13.1 Å². The van der Waals surface area contributed by atoms with Crippen LogP contribution in [0.1, 0.15) is 21.9 Å². The number of furan rings is 1. The summed E-state index contributed by atoms with van der Waals surface area (Å²) in [5, 5.41) is 3.88. The van der Waals surface area contributed by atoms with Gasteiger partial charge < -0.3 is 20.4 Å². The van der Waals surface area contributed by atoms with E-state index in [0.717, 1.165) is 5.56 Å². The molecular formula is C16H19ClN4O2. The lowest BCUT2D eigenvalue weighted by Gasteiger charge is -2.22. The van der Waals surface area contributed by atoms with Crippen LogP contribution in [0.5, 0.6) is 0 Å². The number of nitrogens with two attached hydrogens (primary N) is 1. The molecule has 3 N–H and O–H groups in total. The minimum Gasteiger partial charge on any atom is -0.454 e. The van der Waals surface area contributed by atoms with Gasteiger partial charge in [0.05, 0.1) is 6.54 Å². The highest BCUT2D eigenvalue weighted by Crippen LogP contribution is 2.16. The third-order valence-corrected chi connectivity index (χ3v) is 3.63. The van der Waals surface area contributed by atoms with Crippen molar-refractivity contribution >= 4 is 23.5 Å². The zero-order valence-corrected chi connectivity index (χ0v) is 13.8. The minimum atomic E-state index is -0.587. The first-order chi connectivity index (χ1) is 11.0. The lowest BCUT2D eigenvalue weighted by Crippen LogP contribution is -2.38. The molecule has 0 bridgehead atoms. The Balaban J connectivity index is 1.96. The van der Waals surface area contributed by atoms with Crippen LogP contribution in [0.4, 0.5) is 0 Å². The number of nitrogens with one attached hydrogen (secondary N) is 1. The number of hydrogen-bond acceptors (Lipinski definition) is 3. The third-order valence-electron chi connectivity index (χ3n) is 3.26. The fourth-order valence-electron chi connectivity index (χ4n) is 2.11. The first-order valence-electron chi connectivity index (χ1n) is 7.05. The number of hydrogen-bond donors (Lipinski definition) is 2. The maximum atomic E-state index is 11.0. The quantitative estimate of drug-likeness (QED) is 0.648. The van der Waals surface area contributed by atoms with Gasteiger partial charge in [-0.2, -0.15) is 0 Å². The molecule has 0 atom stereocenters. The van der Waals surface area contributed by atoms with E-state index in [0.29, 0.717) is 29.8 Å². The van der Waals surface area contributed by atoms with Crippen LogP contribution in [0.2, 0.25) is 5.02 Å². The SMILES string of the molecule is CN=C(NCc1ccc(C(N)=O)o1)N(C)Cc1ccccc1Cl. The lowest BCUT2D eigenvalue weighted by atomic mass is 10.2. The molecule has 122 valence electrons. The maximum Gasteiger partial charge on any atom is 0.284 e. The standard InChI is InChI=1S/C16H19ClN4O2/c1-19-16(20-9-12-7-8-14(23-12)15(18)22)21(2)10-11-5-3-4-6-13(11)17/h3-8H,9-10H2,1-2H3,(H2,18,22)(H,19,20). The molecule has 2 aromatic rings. The molecule has 23 heavy (non-hydrogen) atoms. The first-order valence-corrected chi connectivity index (χ1v) is 7.42. The van der Waals surface area contributed by atoms with Crippen molar-refractivity contribution in [2.75, 3.05) is 14.1 Å². The van der Waals surface area contributed by atoms with Crippen molar-refractivity contribution in [3.8, 4) is 0 Å². The van der Waals surface area contributed by atoms with Crippen LogP contribution >= 0.6 is 11.6 Å². The van der Waals surface area contributed by atoms with E-state index < -0.39 is 5.91 Å². The molecule has 0 unspecified atom stereocenters. The summed E-state index contributed by atoms with van der Waals surface area (Å²) in [6.07, 6.45) is 0. The summed E-state index contributed by atoms with van der Waals surface area (Å²) in [6.45, 7) is 1.01. The summed E-state index contributed by atoms with van der Waals surface area (Å²) >= 11 is 6.18. The van der Waals surface area contributed by atoms with Crippen molar-refractivity contribution in [1.82, 2.24) is 10.2 Å². The summed E-state index contributed by atoms with van der Waals surface area (Å²) < 4.78 is 5.33. The minimum absolute atomic E-state index is 0.140. The van der Waals surface area contributed by atoms with E-state index in [2.05, 4.69) is 10.3 Å². The smallest absolute Gasteiger partial charge is 0.284 e. The Morgan fingerprint density at radius 3 is 2.70 bits per heavy atom.